The minimum Gasteiger partial charge on any atom is -0.497 e. The summed E-state index contributed by atoms with van der Waals surface area (Å²) in [4.78, 5) is 12.1. The first-order valence-electron chi connectivity index (χ1n) is 12.2. The summed E-state index contributed by atoms with van der Waals surface area (Å²) in [6.07, 6.45) is -0.162. The van der Waals surface area contributed by atoms with E-state index in [1.165, 1.54) is 12.8 Å². The molecule has 0 aliphatic carbocycles. The van der Waals surface area contributed by atoms with Gasteiger partial charge in [-0.15, -0.1) is 0 Å². The molecular formula is C30H33NO5. The molecule has 188 valence electrons. The Hall–Kier alpha value is -3.77. The van der Waals surface area contributed by atoms with E-state index < -0.39 is 6.10 Å². The minimum atomic E-state index is -0.619. The van der Waals surface area contributed by atoms with Crippen molar-refractivity contribution in [3.8, 4) is 22.8 Å². The highest BCUT2D eigenvalue weighted by Gasteiger charge is 2.21. The first-order chi connectivity index (χ1) is 17.5. The van der Waals surface area contributed by atoms with Crippen LogP contribution in [-0.2, 0) is 27.2 Å². The van der Waals surface area contributed by atoms with E-state index in [-0.39, 0.29) is 5.97 Å². The standard InChI is InChI=1S/C30H33NO5/c1-5-35-29(30(32)34-4)20-24-8-6-7-23-19-26(14-15-27(23)24)36-18-17-31-21(2)9-16-28(31)22-10-12-25(33-3)13-11-22/h6-16,19,29H,5,17-18,20H2,1-4H3. The Morgan fingerprint density at radius 3 is 2.44 bits per heavy atom. The second kappa shape index (κ2) is 11.8. The van der Waals surface area contributed by atoms with E-state index in [2.05, 4.69) is 41.8 Å². The van der Waals surface area contributed by atoms with Gasteiger partial charge in [-0.2, -0.15) is 0 Å². The second-order valence-electron chi connectivity index (χ2n) is 8.56. The predicted molar refractivity (Wildman–Crippen MR) is 142 cm³/mol. The van der Waals surface area contributed by atoms with Crippen molar-refractivity contribution in [2.75, 3.05) is 27.4 Å². The molecular weight excluding hydrogens is 454 g/mol. The van der Waals surface area contributed by atoms with Crippen LogP contribution in [0.4, 0.5) is 0 Å². The smallest absolute Gasteiger partial charge is 0.335 e. The average Bonchev–Trinajstić information content (AvgIpc) is 3.28. The van der Waals surface area contributed by atoms with Gasteiger partial charge in [-0.05, 0) is 84.3 Å². The zero-order valence-corrected chi connectivity index (χ0v) is 21.3. The van der Waals surface area contributed by atoms with E-state index in [0.29, 0.717) is 19.6 Å². The number of hydrogen-bond donors (Lipinski definition) is 0. The Labute approximate surface area is 212 Å². The van der Waals surface area contributed by atoms with Crippen LogP contribution in [0.1, 0.15) is 18.2 Å². The van der Waals surface area contributed by atoms with Crippen LogP contribution < -0.4 is 9.47 Å². The Balaban J connectivity index is 1.46. The quantitative estimate of drug-likeness (QED) is 0.249. The number of carbonyl (C=O) groups excluding carboxylic acids is 1. The number of rotatable bonds is 11. The number of ether oxygens (including phenoxy) is 4. The molecule has 0 radical (unpaired) electrons. The van der Waals surface area contributed by atoms with Gasteiger partial charge in [0.05, 0.1) is 20.8 Å². The van der Waals surface area contributed by atoms with Gasteiger partial charge in [-0.25, -0.2) is 4.79 Å². The Morgan fingerprint density at radius 2 is 1.72 bits per heavy atom. The number of carbonyl (C=O) groups is 1. The average molecular weight is 488 g/mol. The molecule has 6 nitrogen and oxygen atoms in total. The van der Waals surface area contributed by atoms with Gasteiger partial charge >= 0.3 is 5.97 Å². The molecule has 0 aliphatic heterocycles. The van der Waals surface area contributed by atoms with Crippen LogP contribution in [0.5, 0.6) is 11.5 Å². The zero-order chi connectivity index (χ0) is 25.5. The van der Waals surface area contributed by atoms with E-state index in [1.54, 1.807) is 7.11 Å². The van der Waals surface area contributed by atoms with Crippen LogP contribution in [0.25, 0.3) is 22.0 Å². The van der Waals surface area contributed by atoms with Crippen LogP contribution in [0.2, 0.25) is 0 Å². The first-order valence-corrected chi connectivity index (χ1v) is 12.2. The lowest BCUT2D eigenvalue weighted by Gasteiger charge is -2.16. The number of aryl methyl sites for hydroxylation is 1. The summed E-state index contributed by atoms with van der Waals surface area (Å²) in [5.74, 6) is 1.29. The van der Waals surface area contributed by atoms with Gasteiger partial charge in [-0.1, -0.05) is 24.3 Å². The van der Waals surface area contributed by atoms with Crippen molar-refractivity contribution < 1.29 is 23.7 Å². The maximum Gasteiger partial charge on any atom is 0.335 e. The number of esters is 1. The van der Waals surface area contributed by atoms with Crippen LogP contribution in [0.3, 0.4) is 0 Å². The van der Waals surface area contributed by atoms with E-state index in [0.717, 1.165) is 45.6 Å². The number of nitrogens with zero attached hydrogens (tertiary/aromatic N) is 1. The Bertz CT molecular complexity index is 1310. The number of methoxy groups -OCH3 is 2. The highest BCUT2D eigenvalue weighted by molar-refractivity contribution is 5.87. The zero-order valence-electron chi connectivity index (χ0n) is 21.3. The minimum absolute atomic E-state index is 0.358. The number of hydrogen-bond acceptors (Lipinski definition) is 5. The number of aromatic nitrogens is 1. The molecule has 1 atom stereocenters. The molecule has 4 rings (SSSR count). The fraction of sp³-hybridized carbons (Fsp3) is 0.300. The maximum atomic E-state index is 12.1. The van der Waals surface area contributed by atoms with Crippen molar-refractivity contribution in [2.24, 2.45) is 0 Å². The fourth-order valence-electron chi connectivity index (χ4n) is 4.47. The van der Waals surface area contributed by atoms with Crippen molar-refractivity contribution in [3.63, 3.8) is 0 Å². The SMILES string of the molecule is CCOC(Cc1cccc2cc(OCCn3c(C)ccc3-c3ccc(OC)cc3)ccc12)C(=O)OC. The summed E-state index contributed by atoms with van der Waals surface area (Å²) < 4.78 is 24.2. The summed E-state index contributed by atoms with van der Waals surface area (Å²) in [5.41, 5.74) is 4.51. The monoisotopic (exact) mass is 487 g/mol. The molecule has 1 heterocycles. The van der Waals surface area contributed by atoms with E-state index in [1.807, 2.05) is 49.4 Å². The number of fused-ring (bicyclic) bond motifs is 1. The summed E-state index contributed by atoms with van der Waals surface area (Å²) in [6.45, 7) is 5.70. The van der Waals surface area contributed by atoms with Gasteiger partial charge in [0, 0.05) is 24.4 Å². The summed E-state index contributed by atoms with van der Waals surface area (Å²) >= 11 is 0. The molecule has 0 fully saturated rings. The molecule has 0 saturated heterocycles. The normalized spacial score (nSPS) is 11.9. The summed E-state index contributed by atoms with van der Waals surface area (Å²) in [7, 11) is 3.06. The maximum absolute atomic E-state index is 12.1. The van der Waals surface area contributed by atoms with Crippen molar-refractivity contribution in [3.05, 3.63) is 84.1 Å². The molecule has 0 spiro atoms. The fourth-order valence-corrected chi connectivity index (χ4v) is 4.47. The molecule has 0 N–H and O–H groups in total. The molecule has 4 aromatic rings. The molecule has 1 unspecified atom stereocenters. The molecule has 3 aromatic carbocycles. The van der Waals surface area contributed by atoms with Gasteiger partial charge in [0.25, 0.3) is 0 Å². The third-order valence-electron chi connectivity index (χ3n) is 6.35. The highest BCUT2D eigenvalue weighted by atomic mass is 16.6. The second-order valence-corrected chi connectivity index (χ2v) is 8.56. The lowest BCUT2D eigenvalue weighted by atomic mass is 9.99. The summed E-state index contributed by atoms with van der Waals surface area (Å²) in [6, 6.07) is 24.5. The highest BCUT2D eigenvalue weighted by Crippen LogP contribution is 2.27. The van der Waals surface area contributed by atoms with E-state index in [9.17, 15) is 4.79 Å². The molecule has 0 bridgehead atoms. The molecule has 0 aliphatic rings. The third-order valence-corrected chi connectivity index (χ3v) is 6.35. The topological polar surface area (TPSA) is 58.9 Å². The third kappa shape index (κ3) is 5.71. The number of benzene rings is 3. The molecule has 0 amide bonds. The van der Waals surface area contributed by atoms with Crippen molar-refractivity contribution in [1.29, 1.82) is 0 Å². The summed E-state index contributed by atoms with van der Waals surface area (Å²) in [5, 5.41) is 2.13. The van der Waals surface area contributed by atoms with E-state index in [4.69, 9.17) is 18.9 Å². The van der Waals surface area contributed by atoms with Crippen molar-refractivity contribution in [1.82, 2.24) is 4.57 Å². The lowest BCUT2D eigenvalue weighted by molar-refractivity contribution is -0.153. The van der Waals surface area contributed by atoms with Crippen LogP contribution in [0, 0.1) is 6.92 Å². The van der Waals surface area contributed by atoms with Crippen LogP contribution >= 0.6 is 0 Å². The van der Waals surface area contributed by atoms with Crippen molar-refractivity contribution >= 4 is 16.7 Å². The predicted octanol–water partition coefficient (Wildman–Crippen LogP) is 5.82. The largest absolute Gasteiger partial charge is 0.497 e. The van der Waals surface area contributed by atoms with Gasteiger partial charge in [-0.3, -0.25) is 0 Å². The Morgan fingerprint density at radius 1 is 0.944 bits per heavy atom. The van der Waals surface area contributed by atoms with Gasteiger partial charge < -0.3 is 23.5 Å². The van der Waals surface area contributed by atoms with Crippen LogP contribution in [-0.4, -0.2) is 44.1 Å². The molecule has 1 aromatic heterocycles. The molecule has 36 heavy (non-hydrogen) atoms. The molecule has 6 heteroatoms. The first kappa shape index (κ1) is 25.3. The molecule has 0 saturated carbocycles. The van der Waals surface area contributed by atoms with Gasteiger partial charge in [0.15, 0.2) is 6.10 Å². The van der Waals surface area contributed by atoms with Crippen molar-refractivity contribution in [2.45, 2.75) is 32.9 Å². The van der Waals surface area contributed by atoms with Gasteiger partial charge in [0.1, 0.15) is 18.1 Å². The Kier molecular flexibility index (Phi) is 8.28. The van der Waals surface area contributed by atoms with Gasteiger partial charge in [0.2, 0.25) is 0 Å². The lowest BCUT2D eigenvalue weighted by Crippen LogP contribution is -2.28. The van der Waals surface area contributed by atoms with Crippen LogP contribution in [0.15, 0.2) is 72.8 Å². The van der Waals surface area contributed by atoms with E-state index >= 15 is 0 Å².